The van der Waals surface area contributed by atoms with Gasteiger partial charge in [-0.15, -0.1) is 0 Å². The van der Waals surface area contributed by atoms with Crippen molar-refractivity contribution in [3.63, 3.8) is 0 Å². The molecule has 2 rings (SSSR count). The summed E-state index contributed by atoms with van der Waals surface area (Å²) in [6.45, 7) is 0. The quantitative estimate of drug-likeness (QED) is 0.625. The number of carboxylic acids is 1. The Balaban J connectivity index is 2.12. The molecule has 0 aliphatic rings. The Bertz CT molecular complexity index is 685. The number of nitrogens with zero attached hydrogens (tertiary/aromatic N) is 1. The van der Waals surface area contributed by atoms with Crippen LogP contribution in [0.15, 0.2) is 48.5 Å². The van der Waals surface area contributed by atoms with Crippen molar-refractivity contribution >= 4 is 11.7 Å². The fourth-order valence-electron chi connectivity index (χ4n) is 1.86. The lowest BCUT2D eigenvalue weighted by Gasteiger charge is -2.09. The topological polar surface area (TPSA) is 116 Å². The minimum Gasteiger partial charge on any atom is -0.480 e. The van der Waals surface area contributed by atoms with Crippen LogP contribution < -0.4 is 10.5 Å². The third-order valence-corrected chi connectivity index (χ3v) is 2.99. The summed E-state index contributed by atoms with van der Waals surface area (Å²) in [5.74, 6) is -0.510. The molecule has 3 N–H and O–H groups in total. The van der Waals surface area contributed by atoms with Crippen molar-refractivity contribution in [2.24, 2.45) is 5.73 Å². The third kappa shape index (κ3) is 3.80. The summed E-state index contributed by atoms with van der Waals surface area (Å²) in [6, 6.07) is 11.7. The molecule has 1 atom stereocenters. The highest BCUT2D eigenvalue weighted by molar-refractivity contribution is 5.73. The average molecular weight is 302 g/mol. The number of benzene rings is 2. The van der Waals surface area contributed by atoms with Gasteiger partial charge in [0.15, 0.2) is 0 Å². The summed E-state index contributed by atoms with van der Waals surface area (Å²) >= 11 is 0. The Morgan fingerprint density at radius 3 is 2.45 bits per heavy atom. The SMILES string of the molecule is N[C@@H](Cc1ccc(Oc2ccccc2[N+](=O)[O-])cc1)C(=O)O. The number of carboxylic acid groups (broad SMARTS) is 1. The Kier molecular flexibility index (Phi) is 4.70. The van der Waals surface area contributed by atoms with Gasteiger partial charge in [-0.1, -0.05) is 24.3 Å². The number of para-hydroxylation sites is 2. The minimum absolute atomic E-state index is 0.125. The average Bonchev–Trinajstić information content (AvgIpc) is 2.49. The Morgan fingerprint density at radius 2 is 1.86 bits per heavy atom. The van der Waals surface area contributed by atoms with Gasteiger partial charge in [0.05, 0.1) is 4.92 Å². The largest absolute Gasteiger partial charge is 0.480 e. The van der Waals surface area contributed by atoms with E-state index in [1.807, 2.05) is 0 Å². The van der Waals surface area contributed by atoms with Crippen molar-refractivity contribution in [3.05, 3.63) is 64.2 Å². The summed E-state index contributed by atoms with van der Waals surface area (Å²) in [5, 5.41) is 19.7. The zero-order chi connectivity index (χ0) is 16.1. The van der Waals surface area contributed by atoms with Gasteiger partial charge in [0.25, 0.3) is 0 Å². The normalized spacial score (nSPS) is 11.7. The van der Waals surface area contributed by atoms with Gasteiger partial charge in [-0.2, -0.15) is 0 Å². The molecule has 0 saturated carbocycles. The van der Waals surface area contributed by atoms with E-state index >= 15 is 0 Å². The fourth-order valence-corrected chi connectivity index (χ4v) is 1.86. The van der Waals surface area contributed by atoms with Gasteiger partial charge in [0.2, 0.25) is 5.75 Å². The van der Waals surface area contributed by atoms with Crippen LogP contribution in [-0.2, 0) is 11.2 Å². The first kappa shape index (κ1) is 15.5. The number of nitro benzene ring substituents is 1. The first-order valence-electron chi connectivity index (χ1n) is 6.46. The lowest BCUT2D eigenvalue weighted by Crippen LogP contribution is -2.32. The van der Waals surface area contributed by atoms with Crippen LogP contribution in [0.2, 0.25) is 0 Å². The molecule has 0 radical (unpaired) electrons. The van der Waals surface area contributed by atoms with Crippen molar-refractivity contribution in [1.29, 1.82) is 0 Å². The summed E-state index contributed by atoms with van der Waals surface area (Å²) < 4.78 is 5.49. The molecule has 0 heterocycles. The number of nitro groups is 1. The van der Waals surface area contributed by atoms with Crippen molar-refractivity contribution in [1.82, 2.24) is 0 Å². The Labute approximate surface area is 126 Å². The standard InChI is InChI=1S/C15H14N2O5/c16-12(15(18)19)9-10-5-7-11(8-6-10)22-14-4-2-1-3-13(14)17(20)21/h1-8,12H,9,16H2,(H,18,19)/t12-/m0/s1. The lowest BCUT2D eigenvalue weighted by atomic mass is 10.1. The van der Waals surface area contributed by atoms with Crippen molar-refractivity contribution in [3.8, 4) is 11.5 Å². The molecule has 2 aromatic carbocycles. The molecule has 0 aliphatic heterocycles. The van der Waals surface area contributed by atoms with Crippen LogP contribution in [-0.4, -0.2) is 22.0 Å². The van der Waals surface area contributed by atoms with Gasteiger partial charge in [-0.25, -0.2) is 0 Å². The molecule has 0 aliphatic carbocycles. The number of rotatable bonds is 6. The van der Waals surface area contributed by atoms with E-state index < -0.39 is 16.9 Å². The number of ether oxygens (including phenoxy) is 1. The van der Waals surface area contributed by atoms with Crippen LogP contribution in [0.1, 0.15) is 5.56 Å². The van der Waals surface area contributed by atoms with Crippen molar-refractivity contribution in [2.75, 3.05) is 0 Å². The molecule has 22 heavy (non-hydrogen) atoms. The zero-order valence-corrected chi connectivity index (χ0v) is 11.5. The summed E-state index contributed by atoms with van der Waals surface area (Å²) in [5.41, 5.74) is 6.07. The first-order chi connectivity index (χ1) is 10.5. The van der Waals surface area contributed by atoms with Gasteiger partial charge in [-0.05, 0) is 30.2 Å². The molecule has 0 unspecified atom stereocenters. The predicted molar refractivity (Wildman–Crippen MR) is 78.9 cm³/mol. The monoisotopic (exact) mass is 302 g/mol. The molecule has 2 aromatic rings. The molecule has 0 bridgehead atoms. The Morgan fingerprint density at radius 1 is 1.23 bits per heavy atom. The van der Waals surface area contributed by atoms with Crippen LogP contribution in [0.4, 0.5) is 5.69 Å². The maximum atomic E-state index is 10.9. The van der Waals surface area contributed by atoms with Gasteiger partial charge >= 0.3 is 11.7 Å². The minimum atomic E-state index is -1.07. The maximum Gasteiger partial charge on any atom is 0.320 e. The van der Waals surface area contributed by atoms with Crippen LogP contribution >= 0.6 is 0 Å². The van der Waals surface area contributed by atoms with Crippen LogP contribution in [0.5, 0.6) is 11.5 Å². The molecular weight excluding hydrogens is 288 g/mol. The predicted octanol–water partition coefficient (Wildman–Crippen LogP) is 2.34. The number of hydrogen-bond acceptors (Lipinski definition) is 5. The van der Waals surface area contributed by atoms with E-state index in [4.69, 9.17) is 15.6 Å². The third-order valence-electron chi connectivity index (χ3n) is 2.99. The van der Waals surface area contributed by atoms with Gasteiger partial charge in [0, 0.05) is 6.07 Å². The molecular formula is C15H14N2O5. The van der Waals surface area contributed by atoms with E-state index in [0.717, 1.165) is 5.56 Å². The van der Waals surface area contributed by atoms with E-state index in [1.165, 1.54) is 12.1 Å². The highest BCUT2D eigenvalue weighted by Crippen LogP contribution is 2.30. The van der Waals surface area contributed by atoms with Crippen molar-refractivity contribution in [2.45, 2.75) is 12.5 Å². The number of aliphatic carboxylic acids is 1. The smallest absolute Gasteiger partial charge is 0.320 e. The van der Waals surface area contributed by atoms with Gasteiger partial charge in [0.1, 0.15) is 11.8 Å². The highest BCUT2D eigenvalue weighted by atomic mass is 16.6. The second-order valence-electron chi connectivity index (χ2n) is 4.62. The first-order valence-corrected chi connectivity index (χ1v) is 6.46. The van der Waals surface area contributed by atoms with E-state index in [0.29, 0.717) is 5.75 Å². The molecule has 7 heteroatoms. The van der Waals surface area contributed by atoms with Gasteiger partial charge < -0.3 is 15.6 Å². The Hall–Kier alpha value is -2.93. The molecule has 0 fully saturated rings. The van der Waals surface area contributed by atoms with E-state index in [-0.39, 0.29) is 17.9 Å². The molecule has 114 valence electrons. The summed E-state index contributed by atoms with van der Waals surface area (Å²) in [7, 11) is 0. The van der Waals surface area contributed by atoms with Crippen LogP contribution in [0.3, 0.4) is 0 Å². The fraction of sp³-hybridized carbons (Fsp3) is 0.133. The second-order valence-corrected chi connectivity index (χ2v) is 4.62. The molecule has 0 saturated heterocycles. The van der Waals surface area contributed by atoms with Crippen molar-refractivity contribution < 1.29 is 19.6 Å². The van der Waals surface area contributed by atoms with Gasteiger partial charge in [-0.3, -0.25) is 14.9 Å². The zero-order valence-electron chi connectivity index (χ0n) is 11.5. The molecule has 0 spiro atoms. The number of nitrogens with two attached hydrogens (primary N) is 1. The van der Waals surface area contributed by atoms with E-state index in [9.17, 15) is 14.9 Å². The summed E-state index contributed by atoms with van der Waals surface area (Å²) in [6.07, 6.45) is 0.196. The number of hydrogen-bond donors (Lipinski definition) is 2. The molecule has 0 aromatic heterocycles. The van der Waals surface area contributed by atoms with Crippen LogP contribution in [0.25, 0.3) is 0 Å². The lowest BCUT2D eigenvalue weighted by molar-refractivity contribution is -0.385. The maximum absolute atomic E-state index is 10.9. The highest BCUT2D eigenvalue weighted by Gasteiger charge is 2.15. The summed E-state index contributed by atoms with van der Waals surface area (Å²) in [4.78, 5) is 21.1. The second kappa shape index (κ2) is 6.68. The molecule has 7 nitrogen and oxygen atoms in total. The molecule has 0 amide bonds. The number of carbonyl (C=O) groups is 1. The van der Waals surface area contributed by atoms with E-state index in [2.05, 4.69) is 0 Å². The van der Waals surface area contributed by atoms with E-state index in [1.54, 1.807) is 36.4 Å². The van der Waals surface area contributed by atoms with Crippen LogP contribution in [0, 0.1) is 10.1 Å².